The van der Waals surface area contributed by atoms with Crippen LogP contribution in [0.4, 0.5) is 27.2 Å². The molecular weight excluding hydrogens is 1180 g/mol. The molecule has 10 amide bonds. The van der Waals surface area contributed by atoms with Gasteiger partial charge in [-0.05, 0) is 107 Å². The summed E-state index contributed by atoms with van der Waals surface area (Å²) in [4.78, 5) is 125. The van der Waals surface area contributed by atoms with Gasteiger partial charge in [-0.25, -0.2) is 19.6 Å². The molecule has 484 valence electrons. The molecule has 4 aromatic heterocycles. The van der Waals surface area contributed by atoms with Gasteiger partial charge in [0.1, 0.15) is 46.6 Å². The zero-order valence-electron chi connectivity index (χ0n) is 51.6. The van der Waals surface area contributed by atoms with Gasteiger partial charge < -0.3 is 72.9 Å². The van der Waals surface area contributed by atoms with Gasteiger partial charge in [0.15, 0.2) is 0 Å². The van der Waals surface area contributed by atoms with E-state index in [1.807, 2.05) is 13.8 Å². The van der Waals surface area contributed by atoms with Gasteiger partial charge in [0, 0.05) is 69.0 Å². The second-order valence-corrected chi connectivity index (χ2v) is 21.3. The maximum absolute atomic E-state index is 14.0. The number of amides is 10. The molecule has 31 heteroatoms. The maximum atomic E-state index is 14.0. The molecule has 0 aliphatic heterocycles. The number of aryl methyl sites for hydroxylation is 4. The number of hydrogen-bond acceptors (Lipinski definition) is 17. The van der Waals surface area contributed by atoms with Gasteiger partial charge in [-0.1, -0.05) is 38.1 Å². The number of methoxy groups -OCH3 is 1. The maximum Gasteiger partial charge on any atom is 0.407 e. The Morgan fingerprint density at radius 2 is 1.19 bits per heavy atom. The van der Waals surface area contributed by atoms with Crippen LogP contribution in [0.25, 0.3) is 22.1 Å². The molecule has 3 aromatic carbocycles. The van der Waals surface area contributed by atoms with E-state index in [0.29, 0.717) is 64.4 Å². The Morgan fingerprint density at radius 1 is 0.648 bits per heavy atom. The number of imidazole rings is 2. The molecule has 0 spiro atoms. The van der Waals surface area contributed by atoms with Gasteiger partial charge in [-0.2, -0.15) is 10.2 Å². The third kappa shape index (κ3) is 17.9. The smallest absolute Gasteiger partial charge is 0.407 e. The van der Waals surface area contributed by atoms with Crippen molar-refractivity contribution in [2.45, 2.75) is 112 Å². The monoisotopic (exact) mass is 1260 g/mol. The summed E-state index contributed by atoms with van der Waals surface area (Å²) in [6.45, 7) is 12.0. The molecule has 2 atom stereocenters. The zero-order valence-corrected chi connectivity index (χ0v) is 51.6. The highest BCUT2D eigenvalue weighted by Crippen LogP contribution is 2.33. The van der Waals surface area contributed by atoms with Crippen LogP contribution in [-0.4, -0.2) is 138 Å². The first-order valence-electron chi connectivity index (χ1n) is 29.4. The van der Waals surface area contributed by atoms with Crippen LogP contribution in [0.5, 0.6) is 11.5 Å². The lowest BCUT2D eigenvalue weighted by Crippen LogP contribution is -2.51. The summed E-state index contributed by atoms with van der Waals surface area (Å²) in [6.07, 6.45) is 3.52. The molecule has 0 aliphatic carbocycles. The first-order valence-corrected chi connectivity index (χ1v) is 29.4. The summed E-state index contributed by atoms with van der Waals surface area (Å²) >= 11 is 0. The van der Waals surface area contributed by atoms with Crippen LogP contribution in [0.1, 0.15) is 112 Å². The summed E-state index contributed by atoms with van der Waals surface area (Å²) in [7, 11) is 1.43. The summed E-state index contributed by atoms with van der Waals surface area (Å²) in [5, 5.41) is 27.8. The van der Waals surface area contributed by atoms with E-state index in [1.54, 1.807) is 94.7 Å². The molecule has 31 nitrogen and oxygen atoms in total. The number of carbonyl (C=O) groups excluding carboxylic acids is 9. The van der Waals surface area contributed by atoms with Gasteiger partial charge >= 0.3 is 12.1 Å². The van der Waals surface area contributed by atoms with E-state index in [1.165, 1.54) is 31.4 Å². The Morgan fingerprint density at radius 3 is 1.70 bits per heavy atom. The van der Waals surface area contributed by atoms with Crippen LogP contribution in [-0.2, 0) is 51.9 Å². The van der Waals surface area contributed by atoms with Crippen molar-refractivity contribution in [2.75, 3.05) is 49.3 Å². The van der Waals surface area contributed by atoms with Crippen molar-refractivity contribution in [1.29, 1.82) is 0 Å². The summed E-state index contributed by atoms with van der Waals surface area (Å²) in [5.74, 6) is -3.39. The van der Waals surface area contributed by atoms with E-state index in [9.17, 15) is 43.2 Å². The molecule has 0 fully saturated rings. The number of aromatic nitrogens is 8. The average Bonchev–Trinajstić information content (AvgIpc) is 1.65. The van der Waals surface area contributed by atoms with Crippen molar-refractivity contribution in [3.8, 4) is 11.5 Å². The van der Waals surface area contributed by atoms with Crippen molar-refractivity contribution in [3.05, 3.63) is 112 Å². The SMILES string of the molecule is CCn1nc(C)cc1C(=O)Nc1nc2cc(C(N)=O)cc(OC)c2n1C/C=C/Cn1c(NC(=O)c2cc(C)nn2CC)nc2cc(C(N)=O)cc(OCCCNC(=O)CCNC(=O)OCc3ccc(NC(=O)[C@H](CCCNC(N)=O)NC(=O)C(N)C(C)C)cc3)c21. The van der Waals surface area contributed by atoms with E-state index in [4.69, 9.17) is 42.1 Å². The number of nitrogens with zero attached hydrogens (tertiary/aromatic N) is 8. The fourth-order valence-corrected chi connectivity index (χ4v) is 9.51. The molecule has 0 saturated heterocycles. The minimum absolute atomic E-state index is 0.0251. The Balaban J connectivity index is 0.985. The van der Waals surface area contributed by atoms with Gasteiger partial charge in [0.2, 0.25) is 41.4 Å². The normalized spacial score (nSPS) is 11.9. The Hall–Kier alpha value is -10.9. The van der Waals surface area contributed by atoms with Crippen molar-refractivity contribution in [1.82, 2.24) is 59.9 Å². The first kappa shape index (κ1) is 67.7. The third-order valence-corrected chi connectivity index (χ3v) is 14.2. The number of fused-ring (bicyclic) bond motifs is 2. The van der Waals surface area contributed by atoms with E-state index < -0.39 is 59.7 Å². The number of ether oxygens (including phenoxy) is 3. The molecule has 0 aliphatic rings. The Bertz CT molecular complexity index is 3860. The predicted molar refractivity (Wildman–Crippen MR) is 336 cm³/mol. The number of urea groups is 1. The second kappa shape index (κ2) is 31.4. The molecule has 0 saturated carbocycles. The number of benzene rings is 3. The minimum Gasteiger partial charge on any atom is -0.494 e. The highest BCUT2D eigenvalue weighted by Gasteiger charge is 2.27. The van der Waals surface area contributed by atoms with Crippen molar-refractivity contribution in [3.63, 3.8) is 0 Å². The highest BCUT2D eigenvalue weighted by molar-refractivity contribution is 6.06. The highest BCUT2D eigenvalue weighted by atomic mass is 16.5. The van der Waals surface area contributed by atoms with Crippen molar-refractivity contribution in [2.24, 2.45) is 28.9 Å². The van der Waals surface area contributed by atoms with Crippen LogP contribution < -0.4 is 69.6 Å². The number of rotatable bonds is 32. The van der Waals surface area contributed by atoms with Gasteiger partial charge in [0.05, 0.1) is 42.2 Å². The summed E-state index contributed by atoms with van der Waals surface area (Å²) in [6, 6.07) is 13.2. The predicted octanol–water partition coefficient (Wildman–Crippen LogP) is 3.46. The van der Waals surface area contributed by atoms with Crippen LogP contribution >= 0.6 is 0 Å². The number of hydrogen-bond donors (Lipinski definition) is 11. The number of nitrogens with two attached hydrogens (primary N) is 4. The number of alkyl carbamates (subject to hydrolysis) is 1. The number of allylic oxidation sites excluding steroid dienone is 2. The Labute approximate surface area is 522 Å². The number of anilines is 3. The van der Waals surface area contributed by atoms with Crippen LogP contribution in [0, 0.1) is 19.8 Å². The van der Waals surface area contributed by atoms with E-state index in [0.717, 1.165) is 0 Å². The average molecular weight is 1260 g/mol. The van der Waals surface area contributed by atoms with Gasteiger partial charge in [0.25, 0.3) is 11.8 Å². The van der Waals surface area contributed by atoms with Crippen LogP contribution in [0.3, 0.4) is 0 Å². The molecule has 1 unspecified atom stereocenters. The molecular formula is C60H77N19O12. The molecule has 7 aromatic rings. The topological polar surface area (TPSA) is 441 Å². The molecule has 0 radical (unpaired) electrons. The van der Waals surface area contributed by atoms with Gasteiger partial charge in [-0.3, -0.25) is 53.6 Å². The Kier molecular flexibility index (Phi) is 23.3. The summed E-state index contributed by atoms with van der Waals surface area (Å²) in [5.41, 5.74) is 27.0. The zero-order chi connectivity index (χ0) is 66.1. The standard InChI is InChI=1S/C60H77N19O12/c1-8-78-43(26-34(5)74-78)54(84)72-58-70-41-28-37(51(62)81)30-45(89-7)49(41)76(58)23-10-11-24-77-50-42(71-59(77)73-55(85)44-27-35(6)75-79(44)9-2)29-38(52(63)82)31-46(50)90-25-13-21-65-47(80)19-22-67-60(88)91-32-36-15-17-39(18-16-36)68-53(83)40(14-12-20-66-57(64)87)69-56(86)48(61)33(3)4/h10-11,15-18,26-31,33,40,48H,8-9,12-14,19-25,32,61H2,1-7H3,(H2,62,81)(H2,63,82)(H,65,80)(H,67,88)(H,68,83)(H,69,86)(H3,64,66,87)(H,70,72,84)(H,71,73,85)/b11-10+/t40-,48?/m0/s1. The third-order valence-electron chi connectivity index (χ3n) is 14.2. The number of primary amides is 3. The molecule has 0 bridgehead atoms. The lowest BCUT2D eigenvalue weighted by Gasteiger charge is -2.22. The van der Waals surface area contributed by atoms with Crippen molar-refractivity contribution >= 4 is 93.1 Å². The second-order valence-electron chi connectivity index (χ2n) is 21.3. The van der Waals surface area contributed by atoms with Crippen LogP contribution in [0.15, 0.2) is 72.8 Å². The van der Waals surface area contributed by atoms with E-state index in [2.05, 4.69) is 52.4 Å². The minimum atomic E-state index is -0.958. The van der Waals surface area contributed by atoms with Crippen molar-refractivity contribution < 1.29 is 57.4 Å². The van der Waals surface area contributed by atoms with Crippen LogP contribution in [0.2, 0.25) is 0 Å². The van der Waals surface area contributed by atoms with Gasteiger partial charge in [-0.15, -0.1) is 0 Å². The quantitative estimate of drug-likeness (QED) is 0.0212. The largest absolute Gasteiger partial charge is 0.494 e. The molecule has 7 rings (SSSR count). The fourth-order valence-electron chi connectivity index (χ4n) is 9.51. The molecule has 15 N–H and O–H groups in total. The molecule has 91 heavy (non-hydrogen) atoms. The fraction of sp³-hybridized carbons (Fsp3) is 0.383. The lowest BCUT2D eigenvalue weighted by atomic mass is 10.0. The number of nitrogens with one attached hydrogen (secondary N) is 7. The lowest BCUT2D eigenvalue weighted by molar-refractivity contribution is -0.128. The molecule has 4 heterocycles. The summed E-state index contributed by atoms with van der Waals surface area (Å²) < 4.78 is 23.8. The number of carbonyl (C=O) groups is 9. The van der Waals surface area contributed by atoms with E-state index >= 15 is 0 Å². The first-order chi connectivity index (χ1) is 43.5. The van der Waals surface area contributed by atoms with E-state index in [-0.39, 0.29) is 123 Å².